The average molecular weight is 495 g/mol. The van der Waals surface area contributed by atoms with Crippen LogP contribution in [0.3, 0.4) is 0 Å². The maximum Gasteiger partial charge on any atom is 0.247 e. The fourth-order valence-electron chi connectivity index (χ4n) is 5.72. The topological polar surface area (TPSA) is 79.3 Å². The van der Waals surface area contributed by atoms with Crippen molar-refractivity contribution in [1.29, 1.82) is 0 Å². The number of likely N-dealkylation sites (N-methyl/N-ethyl adjacent to an activating group) is 1. The van der Waals surface area contributed by atoms with Crippen LogP contribution >= 0.6 is 0 Å². The van der Waals surface area contributed by atoms with Crippen LogP contribution < -0.4 is 4.74 Å². The molecule has 1 aliphatic carbocycles. The molecule has 1 saturated carbocycles. The van der Waals surface area contributed by atoms with Gasteiger partial charge < -0.3 is 19.5 Å². The molecule has 0 amide bonds. The SMILES string of the molecule is C[C@@H]1CN([C@@H](C)CO)S(=O)(=O)c2ccc(C3CCCC3)cc2O[C@@H]1CN(C)CC1CCOCC1. The quantitative estimate of drug-likeness (QED) is 0.625. The molecule has 0 bridgehead atoms. The van der Waals surface area contributed by atoms with Crippen LogP contribution in [0.15, 0.2) is 23.1 Å². The van der Waals surface area contributed by atoms with E-state index < -0.39 is 16.1 Å². The lowest BCUT2D eigenvalue weighted by molar-refractivity contribution is 0.0402. The number of ether oxygens (including phenoxy) is 2. The highest BCUT2D eigenvalue weighted by molar-refractivity contribution is 7.89. The van der Waals surface area contributed by atoms with Gasteiger partial charge in [0.05, 0.1) is 6.61 Å². The van der Waals surface area contributed by atoms with Gasteiger partial charge in [0.15, 0.2) is 0 Å². The molecular weight excluding hydrogens is 452 g/mol. The van der Waals surface area contributed by atoms with Gasteiger partial charge in [-0.1, -0.05) is 25.8 Å². The molecule has 1 N–H and O–H groups in total. The molecular formula is C26H42N2O5S. The van der Waals surface area contributed by atoms with E-state index in [0.29, 0.717) is 24.1 Å². The summed E-state index contributed by atoms with van der Waals surface area (Å²) in [6.45, 7) is 7.32. The molecule has 8 heteroatoms. The minimum Gasteiger partial charge on any atom is -0.487 e. The molecule has 2 heterocycles. The van der Waals surface area contributed by atoms with Gasteiger partial charge >= 0.3 is 0 Å². The van der Waals surface area contributed by atoms with Crippen molar-refractivity contribution in [3.8, 4) is 5.75 Å². The molecule has 0 spiro atoms. The van der Waals surface area contributed by atoms with E-state index in [1.54, 1.807) is 13.0 Å². The predicted octanol–water partition coefficient (Wildman–Crippen LogP) is 3.47. The zero-order valence-electron chi connectivity index (χ0n) is 21.0. The summed E-state index contributed by atoms with van der Waals surface area (Å²) in [6, 6.07) is 5.19. The molecule has 4 rings (SSSR count). The molecule has 0 radical (unpaired) electrons. The second-order valence-electron chi connectivity index (χ2n) is 10.7. The largest absolute Gasteiger partial charge is 0.487 e. The highest BCUT2D eigenvalue weighted by Crippen LogP contribution is 2.39. The summed E-state index contributed by atoms with van der Waals surface area (Å²) < 4.78 is 40.9. The van der Waals surface area contributed by atoms with Gasteiger partial charge in [-0.15, -0.1) is 0 Å². The Balaban J connectivity index is 1.63. The standard InChI is InChI=1S/C26H42N2O5S/c1-19-15-28(20(2)18-29)34(30,31)26-9-8-23(22-6-4-5-7-22)14-24(26)33-25(19)17-27(3)16-21-10-12-32-13-11-21/h8-9,14,19-22,25,29H,4-7,10-13,15-18H2,1-3H3/t19-,20+,25-/m1/s1. The fourth-order valence-corrected chi connectivity index (χ4v) is 7.55. The van der Waals surface area contributed by atoms with Crippen molar-refractivity contribution < 1.29 is 23.0 Å². The molecule has 34 heavy (non-hydrogen) atoms. The summed E-state index contributed by atoms with van der Waals surface area (Å²) in [6.07, 6.45) is 6.75. The van der Waals surface area contributed by atoms with E-state index in [1.165, 1.54) is 22.7 Å². The monoisotopic (exact) mass is 494 g/mol. The lowest BCUT2D eigenvalue weighted by Gasteiger charge is -2.38. The molecule has 0 aromatic heterocycles. The zero-order valence-corrected chi connectivity index (χ0v) is 21.8. The Bertz CT molecular complexity index is 912. The summed E-state index contributed by atoms with van der Waals surface area (Å²) in [4.78, 5) is 2.55. The van der Waals surface area contributed by atoms with Crippen molar-refractivity contribution in [3.63, 3.8) is 0 Å². The van der Waals surface area contributed by atoms with Crippen molar-refractivity contribution in [2.75, 3.05) is 46.5 Å². The van der Waals surface area contributed by atoms with E-state index >= 15 is 0 Å². The fraction of sp³-hybridized carbons (Fsp3) is 0.769. The van der Waals surface area contributed by atoms with Crippen LogP contribution in [0.2, 0.25) is 0 Å². The normalized spacial score (nSPS) is 27.7. The first kappa shape index (κ1) is 25.9. The maximum absolute atomic E-state index is 13.7. The maximum atomic E-state index is 13.7. The van der Waals surface area contributed by atoms with Crippen molar-refractivity contribution in [3.05, 3.63) is 23.8 Å². The number of fused-ring (bicyclic) bond motifs is 1. The second-order valence-corrected chi connectivity index (χ2v) is 12.6. The van der Waals surface area contributed by atoms with E-state index in [9.17, 15) is 13.5 Å². The van der Waals surface area contributed by atoms with E-state index in [-0.39, 0.29) is 23.5 Å². The summed E-state index contributed by atoms with van der Waals surface area (Å²) in [5.41, 5.74) is 1.18. The molecule has 7 nitrogen and oxygen atoms in total. The van der Waals surface area contributed by atoms with Crippen LogP contribution in [0.25, 0.3) is 0 Å². The van der Waals surface area contributed by atoms with Gasteiger partial charge in [-0.3, -0.25) is 0 Å². The van der Waals surface area contributed by atoms with Crippen LogP contribution in [0, 0.1) is 11.8 Å². The van der Waals surface area contributed by atoms with Gasteiger partial charge in [-0.25, -0.2) is 8.42 Å². The van der Waals surface area contributed by atoms with E-state index in [1.807, 2.05) is 12.1 Å². The molecule has 192 valence electrons. The Labute approximate surface area is 205 Å². The van der Waals surface area contributed by atoms with Gasteiger partial charge in [0, 0.05) is 44.8 Å². The first-order valence-corrected chi connectivity index (χ1v) is 14.4. The lowest BCUT2D eigenvalue weighted by atomic mass is 9.97. The summed E-state index contributed by atoms with van der Waals surface area (Å²) >= 11 is 0. The van der Waals surface area contributed by atoms with Crippen LogP contribution in [-0.4, -0.2) is 81.4 Å². The van der Waals surface area contributed by atoms with Crippen molar-refractivity contribution in [1.82, 2.24) is 9.21 Å². The van der Waals surface area contributed by atoms with Gasteiger partial charge in [-0.05, 0) is 69.2 Å². The van der Waals surface area contributed by atoms with Gasteiger partial charge in [-0.2, -0.15) is 4.31 Å². The summed E-state index contributed by atoms with van der Waals surface area (Å²) in [5.74, 6) is 1.54. The summed E-state index contributed by atoms with van der Waals surface area (Å²) in [7, 11) is -1.65. The van der Waals surface area contributed by atoms with Crippen molar-refractivity contribution in [2.24, 2.45) is 11.8 Å². The highest BCUT2D eigenvalue weighted by Gasteiger charge is 2.38. The molecule has 3 aliphatic rings. The minimum absolute atomic E-state index is 0.0239. The zero-order chi connectivity index (χ0) is 24.3. The number of hydrogen-bond acceptors (Lipinski definition) is 6. The van der Waals surface area contributed by atoms with Gasteiger partial charge in [0.25, 0.3) is 0 Å². The van der Waals surface area contributed by atoms with Gasteiger partial charge in [0.1, 0.15) is 16.7 Å². The Morgan fingerprint density at radius 2 is 1.85 bits per heavy atom. The summed E-state index contributed by atoms with van der Waals surface area (Å²) in [5, 5.41) is 9.84. The third-order valence-corrected chi connectivity index (χ3v) is 9.94. The number of benzene rings is 1. The number of sulfonamides is 1. The first-order valence-electron chi connectivity index (χ1n) is 13.0. The Kier molecular flexibility index (Phi) is 8.57. The van der Waals surface area contributed by atoms with Crippen molar-refractivity contribution in [2.45, 2.75) is 75.3 Å². The number of aliphatic hydroxyl groups is 1. The Morgan fingerprint density at radius 1 is 1.15 bits per heavy atom. The number of nitrogens with zero attached hydrogens (tertiary/aromatic N) is 2. The van der Waals surface area contributed by atoms with Crippen LogP contribution in [0.4, 0.5) is 0 Å². The Morgan fingerprint density at radius 3 is 2.53 bits per heavy atom. The molecule has 1 saturated heterocycles. The number of aliphatic hydroxyl groups excluding tert-OH is 1. The third-order valence-electron chi connectivity index (χ3n) is 7.92. The molecule has 2 aliphatic heterocycles. The van der Waals surface area contributed by atoms with Crippen LogP contribution in [0.5, 0.6) is 5.75 Å². The smallest absolute Gasteiger partial charge is 0.247 e. The van der Waals surface area contributed by atoms with Crippen LogP contribution in [-0.2, 0) is 14.8 Å². The van der Waals surface area contributed by atoms with E-state index in [0.717, 1.165) is 52.0 Å². The molecule has 3 atom stereocenters. The second kappa shape index (κ2) is 11.2. The first-order chi connectivity index (χ1) is 16.3. The van der Waals surface area contributed by atoms with Crippen LogP contribution in [0.1, 0.15) is 63.9 Å². The van der Waals surface area contributed by atoms with E-state index in [4.69, 9.17) is 9.47 Å². The molecule has 2 fully saturated rings. The molecule has 1 aromatic rings. The third kappa shape index (κ3) is 5.78. The molecule has 0 unspecified atom stereocenters. The highest BCUT2D eigenvalue weighted by atomic mass is 32.2. The Hall–Kier alpha value is -1.19. The van der Waals surface area contributed by atoms with E-state index in [2.05, 4.69) is 18.9 Å². The molecule has 1 aromatic carbocycles. The lowest BCUT2D eigenvalue weighted by Crippen LogP contribution is -2.50. The number of rotatable bonds is 7. The number of hydrogen-bond donors (Lipinski definition) is 1. The average Bonchev–Trinajstić information content (AvgIpc) is 3.36. The minimum atomic E-state index is -3.78. The predicted molar refractivity (Wildman–Crippen MR) is 133 cm³/mol. The van der Waals surface area contributed by atoms with Crippen molar-refractivity contribution >= 4 is 10.0 Å². The van der Waals surface area contributed by atoms with Gasteiger partial charge in [0.2, 0.25) is 10.0 Å².